The molecule has 21 heavy (non-hydrogen) atoms. The van der Waals surface area contributed by atoms with Crippen molar-refractivity contribution in [2.75, 3.05) is 19.4 Å². The molecule has 2 rings (SSSR count). The smallest absolute Gasteiger partial charge is 0.240 e. The zero-order valence-corrected chi connectivity index (χ0v) is 12.4. The van der Waals surface area contributed by atoms with E-state index in [2.05, 4.69) is 9.71 Å². The number of nitrogen functional groups attached to an aromatic ring is 1. The molecule has 0 unspecified atom stereocenters. The van der Waals surface area contributed by atoms with Gasteiger partial charge in [-0.2, -0.15) is 0 Å². The highest BCUT2D eigenvalue weighted by molar-refractivity contribution is 7.89. The number of hydrogen-bond donors (Lipinski definition) is 2. The fourth-order valence-corrected chi connectivity index (χ4v) is 2.52. The van der Waals surface area contributed by atoms with Gasteiger partial charge in [-0.05, 0) is 37.4 Å². The second kappa shape index (κ2) is 6.55. The summed E-state index contributed by atoms with van der Waals surface area (Å²) in [5.41, 5.74) is 7.03. The zero-order valence-electron chi connectivity index (χ0n) is 11.6. The summed E-state index contributed by atoms with van der Waals surface area (Å²) in [6.45, 7) is 0.416. The van der Waals surface area contributed by atoms with E-state index in [0.717, 1.165) is 5.69 Å². The molecule has 112 valence electrons. The molecule has 0 saturated heterocycles. The lowest BCUT2D eigenvalue weighted by Gasteiger charge is -2.10. The van der Waals surface area contributed by atoms with Gasteiger partial charge in [0.1, 0.15) is 5.75 Å². The predicted molar refractivity (Wildman–Crippen MR) is 80.5 cm³/mol. The first-order valence-electron chi connectivity index (χ1n) is 6.39. The number of benzene rings is 1. The van der Waals surface area contributed by atoms with Crippen molar-refractivity contribution in [2.24, 2.45) is 0 Å². The first-order chi connectivity index (χ1) is 10.0. The van der Waals surface area contributed by atoms with E-state index in [1.54, 1.807) is 12.3 Å². The predicted octanol–water partition coefficient (Wildman–Crippen LogP) is 1.19. The van der Waals surface area contributed by atoms with Gasteiger partial charge >= 0.3 is 0 Å². The van der Waals surface area contributed by atoms with Crippen molar-refractivity contribution in [1.29, 1.82) is 0 Å². The van der Waals surface area contributed by atoms with E-state index < -0.39 is 10.0 Å². The van der Waals surface area contributed by atoms with Gasteiger partial charge in [-0.3, -0.25) is 4.98 Å². The molecule has 3 N–H and O–H groups in total. The van der Waals surface area contributed by atoms with Crippen molar-refractivity contribution < 1.29 is 13.2 Å². The fraction of sp³-hybridized carbons (Fsp3) is 0.214. The van der Waals surface area contributed by atoms with Crippen LogP contribution in [0, 0.1) is 0 Å². The molecule has 1 aromatic heterocycles. The Hall–Kier alpha value is -2.12. The lowest BCUT2D eigenvalue weighted by molar-refractivity contribution is 0.322. The fourth-order valence-electron chi connectivity index (χ4n) is 1.75. The summed E-state index contributed by atoms with van der Waals surface area (Å²) in [5.74, 6) is 0.459. The maximum atomic E-state index is 11.6. The molecule has 7 heteroatoms. The molecule has 0 saturated carbocycles. The molecule has 2 aromatic rings. The van der Waals surface area contributed by atoms with Gasteiger partial charge in [0, 0.05) is 18.3 Å². The molecule has 0 radical (unpaired) electrons. The van der Waals surface area contributed by atoms with Crippen molar-refractivity contribution in [3.8, 4) is 5.75 Å². The van der Waals surface area contributed by atoms with Crippen LogP contribution in [0.15, 0.2) is 47.5 Å². The first-order valence-corrected chi connectivity index (χ1v) is 7.87. The van der Waals surface area contributed by atoms with Gasteiger partial charge in [-0.25, -0.2) is 13.1 Å². The number of nitrogens with one attached hydrogen (secondary N) is 1. The standard InChI is InChI=1S/C14H17N3O3S/c1-16-21(18,19)12-5-6-14(13(15)10-12)20-9-7-11-4-2-3-8-17-11/h2-6,8,10,16H,7,9,15H2,1H3. The van der Waals surface area contributed by atoms with Crippen LogP contribution in [0.4, 0.5) is 5.69 Å². The van der Waals surface area contributed by atoms with Gasteiger partial charge in [0.05, 0.1) is 17.2 Å². The Morgan fingerprint density at radius 3 is 2.71 bits per heavy atom. The van der Waals surface area contributed by atoms with Gasteiger partial charge in [-0.15, -0.1) is 0 Å². The minimum absolute atomic E-state index is 0.111. The number of nitrogens with zero attached hydrogens (tertiary/aromatic N) is 1. The van der Waals surface area contributed by atoms with Crippen LogP contribution in [-0.2, 0) is 16.4 Å². The second-order valence-electron chi connectivity index (χ2n) is 4.33. The molecule has 1 heterocycles. The maximum absolute atomic E-state index is 11.6. The lowest BCUT2D eigenvalue weighted by atomic mass is 10.3. The molecule has 0 spiro atoms. The third-order valence-electron chi connectivity index (χ3n) is 2.90. The van der Waals surface area contributed by atoms with Crippen molar-refractivity contribution in [3.63, 3.8) is 0 Å². The van der Waals surface area contributed by atoms with Crippen LogP contribution < -0.4 is 15.2 Å². The summed E-state index contributed by atoms with van der Waals surface area (Å²) in [5, 5.41) is 0. The molecular formula is C14H17N3O3S. The number of ether oxygens (including phenoxy) is 1. The first kappa shape index (κ1) is 15.3. The van der Waals surface area contributed by atoms with Crippen LogP contribution >= 0.6 is 0 Å². The van der Waals surface area contributed by atoms with Crippen LogP contribution in [-0.4, -0.2) is 27.1 Å². The van der Waals surface area contributed by atoms with Crippen molar-refractivity contribution in [2.45, 2.75) is 11.3 Å². The van der Waals surface area contributed by atoms with Crippen LogP contribution in [0.3, 0.4) is 0 Å². The quantitative estimate of drug-likeness (QED) is 0.782. The van der Waals surface area contributed by atoms with Gasteiger partial charge in [0.25, 0.3) is 0 Å². The van der Waals surface area contributed by atoms with E-state index >= 15 is 0 Å². The second-order valence-corrected chi connectivity index (χ2v) is 6.21. The van der Waals surface area contributed by atoms with E-state index in [1.807, 2.05) is 18.2 Å². The Morgan fingerprint density at radius 2 is 2.10 bits per heavy atom. The SMILES string of the molecule is CNS(=O)(=O)c1ccc(OCCc2ccccn2)c(N)c1. The van der Waals surface area contributed by atoms with Gasteiger partial charge in [0.2, 0.25) is 10.0 Å². The number of pyridine rings is 1. The van der Waals surface area contributed by atoms with E-state index in [-0.39, 0.29) is 10.6 Å². The van der Waals surface area contributed by atoms with Crippen molar-refractivity contribution >= 4 is 15.7 Å². The molecule has 0 aliphatic carbocycles. The van der Waals surface area contributed by atoms with Crippen LogP contribution in [0.25, 0.3) is 0 Å². The summed E-state index contributed by atoms with van der Waals surface area (Å²) >= 11 is 0. The number of aromatic nitrogens is 1. The third kappa shape index (κ3) is 3.93. The molecular weight excluding hydrogens is 290 g/mol. The maximum Gasteiger partial charge on any atom is 0.240 e. The molecule has 0 atom stereocenters. The Balaban J connectivity index is 2.02. The van der Waals surface area contributed by atoms with Crippen LogP contribution in [0.2, 0.25) is 0 Å². The Morgan fingerprint density at radius 1 is 1.29 bits per heavy atom. The average molecular weight is 307 g/mol. The van der Waals surface area contributed by atoms with Crippen molar-refractivity contribution in [1.82, 2.24) is 9.71 Å². The summed E-state index contributed by atoms with van der Waals surface area (Å²) in [7, 11) is -2.15. The monoisotopic (exact) mass is 307 g/mol. The minimum Gasteiger partial charge on any atom is -0.491 e. The number of sulfonamides is 1. The number of anilines is 1. The number of hydrogen-bond acceptors (Lipinski definition) is 5. The number of nitrogens with two attached hydrogens (primary N) is 1. The normalized spacial score (nSPS) is 11.3. The largest absolute Gasteiger partial charge is 0.491 e. The molecule has 0 aliphatic heterocycles. The van der Waals surface area contributed by atoms with Crippen LogP contribution in [0.1, 0.15) is 5.69 Å². The highest BCUT2D eigenvalue weighted by Gasteiger charge is 2.13. The van der Waals surface area contributed by atoms with E-state index in [4.69, 9.17) is 10.5 Å². The number of rotatable bonds is 6. The summed E-state index contributed by atoms with van der Waals surface area (Å²) in [6, 6.07) is 10.1. The van der Waals surface area contributed by atoms with Gasteiger partial charge in [0.15, 0.2) is 0 Å². The Labute approximate surface area is 124 Å². The zero-order chi connectivity index (χ0) is 15.3. The summed E-state index contributed by atoms with van der Waals surface area (Å²) < 4.78 is 31.1. The van der Waals surface area contributed by atoms with Gasteiger partial charge in [-0.1, -0.05) is 6.07 Å². The van der Waals surface area contributed by atoms with Crippen LogP contribution in [0.5, 0.6) is 5.75 Å². The van der Waals surface area contributed by atoms with E-state index in [1.165, 1.54) is 19.2 Å². The Kier molecular flexibility index (Phi) is 4.77. The highest BCUT2D eigenvalue weighted by atomic mass is 32.2. The molecule has 0 aliphatic rings. The summed E-state index contributed by atoms with van der Waals surface area (Å²) in [4.78, 5) is 4.30. The topological polar surface area (TPSA) is 94.3 Å². The Bertz CT molecular complexity index is 703. The molecule has 0 bridgehead atoms. The third-order valence-corrected chi connectivity index (χ3v) is 4.31. The molecule has 1 aromatic carbocycles. The van der Waals surface area contributed by atoms with E-state index in [0.29, 0.717) is 18.8 Å². The average Bonchev–Trinajstić information content (AvgIpc) is 2.50. The molecule has 0 amide bonds. The van der Waals surface area contributed by atoms with Gasteiger partial charge < -0.3 is 10.5 Å². The molecule has 0 fully saturated rings. The lowest BCUT2D eigenvalue weighted by Crippen LogP contribution is -2.18. The van der Waals surface area contributed by atoms with E-state index in [9.17, 15) is 8.42 Å². The minimum atomic E-state index is -3.50. The van der Waals surface area contributed by atoms with Crippen molar-refractivity contribution in [3.05, 3.63) is 48.3 Å². The highest BCUT2D eigenvalue weighted by Crippen LogP contribution is 2.24. The molecule has 6 nitrogen and oxygen atoms in total. The summed E-state index contributed by atoms with van der Waals surface area (Å²) in [6.07, 6.45) is 2.37.